The summed E-state index contributed by atoms with van der Waals surface area (Å²) in [6, 6.07) is 13.4. The Bertz CT molecular complexity index is 1010. The van der Waals surface area contributed by atoms with Crippen LogP contribution < -0.4 is 0 Å². The zero-order chi connectivity index (χ0) is 22.1. The summed E-state index contributed by atoms with van der Waals surface area (Å²) in [5.74, 6) is -2.02. The molecule has 1 heterocycles. The molecule has 1 N–H and O–H groups in total. The van der Waals surface area contributed by atoms with Gasteiger partial charge in [0.2, 0.25) is 5.41 Å². The van der Waals surface area contributed by atoms with Crippen LogP contribution in [0.15, 0.2) is 35.9 Å². The molecule has 0 saturated heterocycles. The molecule has 0 amide bonds. The molecule has 1 saturated carbocycles. The van der Waals surface area contributed by atoms with Crippen LogP contribution in [0.3, 0.4) is 0 Å². The van der Waals surface area contributed by atoms with Crippen LogP contribution in [-0.4, -0.2) is 42.8 Å². The van der Waals surface area contributed by atoms with Gasteiger partial charge in [0.25, 0.3) is 0 Å². The van der Waals surface area contributed by atoms with Gasteiger partial charge in [0.05, 0.1) is 42.5 Å². The molecule has 30 heavy (non-hydrogen) atoms. The number of rotatable bonds is 3. The number of hydrogen-bond donors (Lipinski definition) is 1. The first-order valence-corrected chi connectivity index (χ1v) is 9.78. The van der Waals surface area contributed by atoms with Crippen molar-refractivity contribution in [2.24, 2.45) is 17.3 Å². The Morgan fingerprint density at radius 3 is 2.37 bits per heavy atom. The third-order valence-electron chi connectivity index (χ3n) is 6.24. The average Bonchev–Trinajstić information content (AvgIpc) is 2.78. The monoisotopic (exact) mass is 401 g/mol. The molecular weight excluding hydrogens is 378 g/mol. The van der Waals surface area contributed by atoms with Gasteiger partial charge in [0.1, 0.15) is 0 Å². The average molecular weight is 401 g/mol. The van der Waals surface area contributed by atoms with Crippen molar-refractivity contribution < 1.29 is 9.53 Å². The quantitative estimate of drug-likeness (QED) is 0.613. The van der Waals surface area contributed by atoms with Crippen molar-refractivity contribution in [3.05, 3.63) is 47.0 Å². The lowest BCUT2D eigenvalue weighted by atomic mass is 9.55. The highest BCUT2D eigenvalue weighted by molar-refractivity contribution is 6.01. The number of benzene rings is 1. The standard InChI is InChI=1S/C23H23N5O2/c1-14(2)28-9-8-19-18(11-28)20(15-4-6-16(7-5-15)22(29)30-3)17(10-24)21(27)23(19,12-25)13-26/h4-8,14,17-18,20,27H,9,11H2,1-3H3/t17-,18+,20+/m0/s1. The lowest BCUT2D eigenvalue weighted by Gasteiger charge is -2.48. The molecule has 1 aromatic carbocycles. The van der Waals surface area contributed by atoms with E-state index in [1.807, 2.05) is 18.2 Å². The van der Waals surface area contributed by atoms with E-state index in [1.165, 1.54) is 7.11 Å². The van der Waals surface area contributed by atoms with Crippen molar-refractivity contribution in [3.63, 3.8) is 0 Å². The second-order valence-electron chi connectivity index (χ2n) is 7.95. The molecule has 0 aromatic heterocycles. The molecular formula is C23H23N5O2. The van der Waals surface area contributed by atoms with Gasteiger partial charge in [-0.1, -0.05) is 18.2 Å². The normalized spacial score (nSPS) is 25.3. The Morgan fingerprint density at radius 1 is 1.23 bits per heavy atom. The van der Waals surface area contributed by atoms with Gasteiger partial charge in [-0.2, -0.15) is 15.8 Å². The van der Waals surface area contributed by atoms with Crippen molar-refractivity contribution in [2.45, 2.75) is 25.8 Å². The third kappa shape index (κ3) is 3.16. The van der Waals surface area contributed by atoms with E-state index in [0.29, 0.717) is 24.2 Å². The molecule has 2 aliphatic rings. The van der Waals surface area contributed by atoms with E-state index in [2.05, 4.69) is 24.8 Å². The van der Waals surface area contributed by atoms with Gasteiger partial charge >= 0.3 is 5.97 Å². The number of nitriles is 3. The first kappa shape index (κ1) is 21.2. The summed E-state index contributed by atoms with van der Waals surface area (Å²) in [4.78, 5) is 14.0. The molecule has 7 nitrogen and oxygen atoms in total. The number of fused-ring (bicyclic) bond motifs is 1. The molecule has 1 aromatic rings. The molecule has 0 unspecified atom stereocenters. The number of carbonyl (C=O) groups excluding carboxylic acids is 1. The van der Waals surface area contributed by atoms with E-state index in [1.54, 1.807) is 24.3 Å². The van der Waals surface area contributed by atoms with E-state index in [9.17, 15) is 20.6 Å². The Hall–Kier alpha value is -3.47. The zero-order valence-corrected chi connectivity index (χ0v) is 17.2. The minimum Gasteiger partial charge on any atom is -0.465 e. The molecule has 1 aliphatic heterocycles. The van der Waals surface area contributed by atoms with Gasteiger partial charge in [-0.15, -0.1) is 0 Å². The Labute approximate surface area is 176 Å². The molecule has 152 valence electrons. The number of nitrogens with zero attached hydrogens (tertiary/aromatic N) is 4. The maximum Gasteiger partial charge on any atom is 0.337 e. The Kier molecular flexibility index (Phi) is 5.74. The van der Waals surface area contributed by atoms with E-state index in [4.69, 9.17) is 10.1 Å². The number of carbonyl (C=O) groups is 1. The van der Waals surface area contributed by atoms with Crippen LogP contribution in [0, 0.1) is 56.7 Å². The Balaban J connectivity index is 2.16. The molecule has 1 aliphatic carbocycles. The summed E-state index contributed by atoms with van der Waals surface area (Å²) in [6.07, 6.45) is 1.89. The highest BCUT2D eigenvalue weighted by Crippen LogP contribution is 2.52. The lowest BCUT2D eigenvalue weighted by Crippen LogP contribution is -2.53. The van der Waals surface area contributed by atoms with Gasteiger partial charge in [0, 0.05) is 31.0 Å². The highest BCUT2D eigenvalue weighted by atomic mass is 16.5. The number of hydrogen-bond acceptors (Lipinski definition) is 7. The predicted molar refractivity (Wildman–Crippen MR) is 109 cm³/mol. The fourth-order valence-electron chi connectivity index (χ4n) is 4.56. The highest BCUT2D eigenvalue weighted by Gasteiger charge is 2.56. The maximum absolute atomic E-state index is 11.8. The van der Waals surface area contributed by atoms with Crippen LogP contribution in [0.4, 0.5) is 0 Å². The molecule has 7 heteroatoms. The van der Waals surface area contributed by atoms with Gasteiger partial charge in [-0.05, 0) is 37.1 Å². The summed E-state index contributed by atoms with van der Waals surface area (Å²) < 4.78 is 4.75. The van der Waals surface area contributed by atoms with Gasteiger partial charge in [-0.25, -0.2) is 4.79 Å². The summed E-state index contributed by atoms with van der Waals surface area (Å²) >= 11 is 0. The second kappa shape index (κ2) is 8.11. The van der Waals surface area contributed by atoms with Crippen LogP contribution >= 0.6 is 0 Å². The van der Waals surface area contributed by atoms with Crippen LogP contribution in [0.5, 0.6) is 0 Å². The van der Waals surface area contributed by atoms with Crippen molar-refractivity contribution in [1.82, 2.24) is 4.90 Å². The summed E-state index contributed by atoms with van der Waals surface area (Å²) in [7, 11) is 1.31. The van der Waals surface area contributed by atoms with Crippen molar-refractivity contribution >= 4 is 11.7 Å². The molecule has 3 rings (SSSR count). The molecule has 0 spiro atoms. The van der Waals surface area contributed by atoms with Crippen molar-refractivity contribution in [3.8, 4) is 18.2 Å². The number of esters is 1. The third-order valence-corrected chi connectivity index (χ3v) is 6.24. The Morgan fingerprint density at radius 2 is 1.87 bits per heavy atom. The summed E-state index contributed by atoms with van der Waals surface area (Å²) in [6.45, 7) is 5.33. The van der Waals surface area contributed by atoms with Gasteiger partial charge in [0.15, 0.2) is 0 Å². The maximum atomic E-state index is 11.8. The smallest absolute Gasteiger partial charge is 0.337 e. The minimum absolute atomic E-state index is 0.169. The summed E-state index contributed by atoms with van der Waals surface area (Å²) in [5, 5.41) is 38.4. The van der Waals surface area contributed by atoms with Gasteiger partial charge in [-0.3, -0.25) is 4.90 Å². The first-order chi connectivity index (χ1) is 14.3. The number of ether oxygens (including phenoxy) is 1. The lowest BCUT2D eigenvalue weighted by molar-refractivity contribution is 0.0600. The molecule has 0 bridgehead atoms. The first-order valence-electron chi connectivity index (χ1n) is 9.78. The molecule has 1 fully saturated rings. The van der Waals surface area contributed by atoms with Gasteiger partial charge < -0.3 is 10.1 Å². The molecule has 3 atom stereocenters. The zero-order valence-electron chi connectivity index (χ0n) is 17.2. The fourth-order valence-corrected chi connectivity index (χ4v) is 4.56. The fraction of sp³-hybridized carbons (Fsp3) is 0.435. The van der Waals surface area contributed by atoms with Crippen molar-refractivity contribution in [1.29, 1.82) is 21.2 Å². The predicted octanol–water partition coefficient (Wildman–Crippen LogP) is 3.03. The van der Waals surface area contributed by atoms with E-state index < -0.39 is 23.2 Å². The van der Waals surface area contributed by atoms with E-state index >= 15 is 0 Å². The summed E-state index contributed by atoms with van der Waals surface area (Å²) in [5.41, 5.74) is -0.0750. The topological polar surface area (TPSA) is 125 Å². The second-order valence-corrected chi connectivity index (χ2v) is 7.95. The minimum atomic E-state index is -1.71. The largest absolute Gasteiger partial charge is 0.465 e. The SMILES string of the molecule is COC(=O)c1ccc([C@@H]2[C@H](C#N)C(=N)C(C#N)(C#N)C3=CCN(C(C)C)C[C@H]32)cc1. The van der Waals surface area contributed by atoms with Crippen molar-refractivity contribution in [2.75, 3.05) is 20.2 Å². The van der Waals surface area contributed by atoms with Crippen LogP contribution in [0.1, 0.15) is 35.7 Å². The molecule has 0 radical (unpaired) electrons. The van der Waals surface area contributed by atoms with Crippen LogP contribution in [0.2, 0.25) is 0 Å². The number of nitrogens with one attached hydrogen (secondary N) is 1. The number of methoxy groups -OCH3 is 1. The van der Waals surface area contributed by atoms with E-state index in [-0.39, 0.29) is 17.7 Å². The van der Waals surface area contributed by atoms with E-state index in [0.717, 1.165) is 5.56 Å². The van der Waals surface area contributed by atoms with Crippen LogP contribution in [0.25, 0.3) is 0 Å². The van der Waals surface area contributed by atoms with Crippen LogP contribution in [-0.2, 0) is 4.74 Å².